The molecule has 0 aliphatic rings. The third-order valence-corrected chi connectivity index (χ3v) is 7.01. The van der Waals surface area contributed by atoms with E-state index in [-0.39, 0.29) is 11.7 Å². The number of nitrogens with zero attached hydrogens (tertiary/aromatic N) is 6. The molecule has 0 aliphatic carbocycles. The Morgan fingerprint density at radius 1 is 0.974 bits per heavy atom. The van der Waals surface area contributed by atoms with Gasteiger partial charge in [0.2, 0.25) is 0 Å². The monoisotopic (exact) mass is 541 g/mol. The van der Waals surface area contributed by atoms with Crippen LogP contribution >= 0.6 is 23.4 Å². The number of amides is 1. The van der Waals surface area contributed by atoms with Gasteiger partial charge in [0.1, 0.15) is 5.15 Å². The Kier molecular flexibility index (Phi) is 7.96. The van der Waals surface area contributed by atoms with Crippen molar-refractivity contribution in [1.82, 2.24) is 30.0 Å². The molecule has 0 atom stereocenters. The smallest absolute Gasteiger partial charge is 0.250 e. The Balaban J connectivity index is 1.26. The molecular weight excluding hydrogens is 518 g/mol. The zero-order valence-electron chi connectivity index (χ0n) is 20.5. The zero-order chi connectivity index (χ0) is 26.3. The number of nitrogens with one attached hydrogen (secondary N) is 1. The highest BCUT2D eigenvalue weighted by atomic mass is 35.5. The van der Waals surface area contributed by atoms with Gasteiger partial charge in [-0.2, -0.15) is 10.2 Å². The van der Waals surface area contributed by atoms with Crippen LogP contribution in [0.25, 0.3) is 17.1 Å². The van der Waals surface area contributed by atoms with Crippen molar-refractivity contribution in [3.8, 4) is 17.1 Å². The predicted octanol–water partition coefficient (Wildman–Crippen LogP) is 5.38. The van der Waals surface area contributed by atoms with Crippen LogP contribution in [0.4, 0.5) is 0 Å². The minimum absolute atomic E-state index is 0.108. The lowest BCUT2D eigenvalue weighted by atomic mass is 10.2. The van der Waals surface area contributed by atoms with Crippen molar-refractivity contribution in [2.75, 3.05) is 5.75 Å². The predicted molar refractivity (Wildman–Crippen MR) is 151 cm³/mol. The number of benzene rings is 3. The number of rotatable bonds is 9. The molecule has 1 N–H and O–H groups in total. The summed E-state index contributed by atoms with van der Waals surface area (Å²) in [6.45, 7) is 2.40. The van der Waals surface area contributed by atoms with Crippen LogP contribution in [0.3, 0.4) is 0 Å². The molecule has 5 aromatic rings. The lowest BCUT2D eigenvalue weighted by molar-refractivity contribution is -0.118. The second-order valence-corrected chi connectivity index (χ2v) is 9.66. The minimum Gasteiger partial charge on any atom is -0.272 e. The van der Waals surface area contributed by atoms with Crippen molar-refractivity contribution in [2.45, 2.75) is 18.6 Å². The van der Waals surface area contributed by atoms with Gasteiger partial charge in [-0.05, 0) is 24.6 Å². The maximum absolute atomic E-state index is 12.6. The number of hydrogen-bond donors (Lipinski definition) is 1. The number of aryl methyl sites for hydroxylation is 1. The Hall–Kier alpha value is -4.21. The van der Waals surface area contributed by atoms with E-state index < -0.39 is 0 Å². The second-order valence-electron chi connectivity index (χ2n) is 8.36. The van der Waals surface area contributed by atoms with Crippen LogP contribution in [0.5, 0.6) is 0 Å². The average Bonchev–Trinajstić information content (AvgIpc) is 3.49. The maximum atomic E-state index is 12.6. The number of carbonyl (C=O) groups is 1. The van der Waals surface area contributed by atoms with Gasteiger partial charge in [0, 0.05) is 11.3 Å². The van der Waals surface area contributed by atoms with Gasteiger partial charge in [-0.25, -0.2) is 10.1 Å². The quantitative estimate of drug-likeness (QED) is 0.154. The summed E-state index contributed by atoms with van der Waals surface area (Å²) < 4.78 is 3.66. The fraction of sp³-hybridized carbons (Fsp3) is 0.107. The van der Waals surface area contributed by atoms with Crippen molar-refractivity contribution in [3.63, 3.8) is 0 Å². The summed E-state index contributed by atoms with van der Waals surface area (Å²) in [4.78, 5) is 12.6. The molecular formula is C28H24ClN7OS. The summed E-state index contributed by atoms with van der Waals surface area (Å²) in [5.74, 6) is 0.535. The average molecular weight is 542 g/mol. The minimum atomic E-state index is -0.277. The number of para-hydroxylation sites is 1. The molecule has 0 fully saturated rings. The maximum Gasteiger partial charge on any atom is 0.250 e. The largest absolute Gasteiger partial charge is 0.272 e. The van der Waals surface area contributed by atoms with Crippen LogP contribution in [-0.4, -0.2) is 42.4 Å². The van der Waals surface area contributed by atoms with E-state index in [9.17, 15) is 4.79 Å². The third kappa shape index (κ3) is 5.85. The summed E-state index contributed by atoms with van der Waals surface area (Å²) in [6, 6.07) is 29.6. The summed E-state index contributed by atoms with van der Waals surface area (Å²) in [5, 5.41) is 18.4. The molecule has 190 valence electrons. The van der Waals surface area contributed by atoms with E-state index in [1.807, 2.05) is 102 Å². The first-order chi connectivity index (χ1) is 18.6. The van der Waals surface area contributed by atoms with Gasteiger partial charge in [-0.3, -0.25) is 9.36 Å². The summed E-state index contributed by atoms with van der Waals surface area (Å²) in [7, 11) is 0. The lowest BCUT2D eigenvalue weighted by Gasteiger charge is -2.10. The van der Waals surface area contributed by atoms with Crippen molar-refractivity contribution in [1.29, 1.82) is 0 Å². The molecule has 2 aromatic heterocycles. The van der Waals surface area contributed by atoms with E-state index >= 15 is 0 Å². The molecule has 0 saturated carbocycles. The molecule has 5 rings (SSSR count). The second kappa shape index (κ2) is 11.9. The molecule has 38 heavy (non-hydrogen) atoms. The molecule has 0 spiro atoms. The zero-order valence-corrected chi connectivity index (χ0v) is 22.1. The highest BCUT2D eigenvalue weighted by Crippen LogP contribution is 2.27. The van der Waals surface area contributed by atoms with E-state index in [4.69, 9.17) is 11.6 Å². The van der Waals surface area contributed by atoms with Gasteiger partial charge in [0.25, 0.3) is 5.91 Å². The van der Waals surface area contributed by atoms with Crippen molar-refractivity contribution >= 4 is 35.5 Å². The van der Waals surface area contributed by atoms with Crippen molar-refractivity contribution in [3.05, 3.63) is 113 Å². The van der Waals surface area contributed by atoms with Crippen LogP contribution < -0.4 is 5.43 Å². The van der Waals surface area contributed by atoms with Gasteiger partial charge in [0.05, 0.1) is 29.8 Å². The summed E-state index contributed by atoms with van der Waals surface area (Å²) in [6.07, 6.45) is 1.52. The van der Waals surface area contributed by atoms with Crippen LogP contribution in [0.2, 0.25) is 5.15 Å². The van der Waals surface area contributed by atoms with Crippen LogP contribution in [0, 0.1) is 6.92 Å². The molecule has 0 saturated heterocycles. The standard InChI is InChI=1S/C28H24ClN7OS/c1-20-24(26(29)35(34-20)18-21-11-5-2-6-12-21)17-30-31-25(37)19-38-28-33-32-27(22-13-7-3-8-14-22)36(28)23-15-9-4-10-16-23/h2-17H,18-19H2,1H3,(H,31,37)/b30-17+. The first-order valence-corrected chi connectivity index (χ1v) is 13.2. The summed E-state index contributed by atoms with van der Waals surface area (Å²) >= 11 is 7.82. The van der Waals surface area contributed by atoms with Gasteiger partial charge < -0.3 is 0 Å². The molecule has 0 radical (unpaired) electrons. The van der Waals surface area contributed by atoms with Crippen LogP contribution in [-0.2, 0) is 11.3 Å². The molecule has 8 nitrogen and oxygen atoms in total. The molecule has 2 heterocycles. The van der Waals surface area contributed by atoms with Crippen LogP contribution in [0.1, 0.15) is 16.8 Å². The number of hydrogen-bond acceptors (Lipinski definition) is 6. The molecule has 3 aromatic carbocycles. The fourth-order valence-corrected chi connectivity index (χ4v) is 4.88. The van der Waals surface area contributed by atoms with E-state index in [2.05, 4.69) is 25.8 Å². The van der Waals surface area contributed by atoms with Crippen LogP contribution in [0.15, 0.2) is 101 Å². The Labute approximate surface area is 229 Å². The topological polar surface area (TPSA) is 90.0 Å². The molecule has 1 amide bonds. The fourth-order valence-electron chi connectivity index (χ4n) is 3.85. The molecule has 0 unspecified atom stereocenters. The van der Waals surface area contributed by atoms with E-state index in [0.717, 1.165) is 22.5 Å². The van der Waals surface area contributed by atoms with Gasteiger partial charge >= 0.3 is 0 Å². The lowest BCUT2D eigenvalue weighted by Crippen LogP contribution is -2.20. The normalized spacial score (nSPS) is 11.2. The Morgan fingerprint density at radius 3 is 2.34 bits per heavy atom. The first kappa shape index (κ1) is 25.4. The molecule has 10 heteroatoms. The van der Waals surface area contributed by atoms with Gasteiger partial charge in [-0.15, -0.1) is 10.2 Å². The summed E-state index contributed by atoms with van der Waals surface area (Å²) in [5.41, 5.74) is 6.89. The molecule has 0 aliphatic heterocycles. The number of halogens is 1. The van der Waals surface area contributed by atoms with Crippen molar-refractivity contribution in [2.24, 2.45) is 5.10 Å². The Morgan fingerprint density at radius 2 is 1.63 bits per heavy atom. The highest BCUT2D eigenvalue weighted by molar-refractivity contribution is 7.99. The van der Waals surface area contributed by atoms with E-state index in [1.165, 1.54) is 18.0 Å². The highest BCUT2D eigenvalue weighted by Gasteiger charge is 2.17. The van der Waals surface area contributed by atoms with E-state index in [1.54, 1.807) is 4.68 Å². The molecule has 0 bridgehead atoms. The first-order valence-electron chi connectivity index (χ1n) is 11.9. The number of carbonyl (C=O) groups excluding carboxylic acids is 1. The third-order valence-electron chi connectivity index (χ3n) is 5.68. The van der Waals surface area contributed by atoms with Crippen molar-refractivity contribution < 1.29 is 4.79 Å². The number of thioether (sulfide) groups is 1. The van der Waals surface area contributed by atoms with Gasteiger partial charge in [-0.1, -0.05) is 102 Å². The van der Waals surface area contributed by atoms with Gasteiger partial charge in [0.15, 0.2) is 11.0 Å². The van der Waals surface area contributed by atoms with E-state index in [0.29, 0.717) is 28.2 Å². The SMILES string of the molecule is Cc1nn(Cc2ccccc2)c(Cl)c1/C=N/NC(=O)CSc1nnc(-c2ccccc2)n1-c1ccccc1. The Bertz CT molecular complexity index is 1550. The number of aromatic nitrogens is 5. The number of hydrazone groups is 1.